The van der Waals surface area contributed by atoms with Gasteiger partial charge in [-0.2, -0.15) is 15.2 Å². The molecule has 1 aliphatic heterocycles. The molecular formula is C24H25N7O3. The average Bonchev–Trinajstić information content (AvgIpc) is 3.57. The average molecular weight is 460 g/mol. The molecule has 10 nitrogen and oxygen atoms in total. The van der Waals surface area contributed by atoms with Crippen LogP contribution in [0.3, 0.4) is 0 Å². The maximum absolute atomic E-state index is 13.5. The summed E-state index contributed by atoms with van der Waals surface area (Å²) in [6, 6.07) is 1.98. The van der Waals surface area contributed by atoms with E-state index in [2.05, 4.69) is 27.1 Å². The van der Waals surface area contributed by atoms with E-state index in [4.69, 9.17) is 9.15 Å². The van der Waals surface area contributed by atoms with E-state index in [1.807, 2.05) is 32.6 Å². The molecule has 0 saturated carbocycles. The molecule has 1 aliphatic rings. The van der Waals surface area contributed by atoms with E-state index < -0.39 is 0 Å². The molecule has 0 spiro atoms. The Morgan fingerprint density at radius 2 is 1.82 bits per heavy atom. The SMILES string of the molecule is CC[C@H]1C[C@@H](n2c(=O)nc(-c3cnn(C)c3)c3oc4ncc(-c5cnn(C)c5)cc4c32)CCO1. The van der Waals surface area contributed by atoms with Crippen LogP contribution in [0.15, 0.2) is 46.3 Å². The van der Waals surface area contributed by atoms with Crippen LogP contribution in [0.1, 0.15) is 32.2 Å². The highest BCUT2D eigenvalue weighted by Crippen LogP contribution is 2.37. The lowest BCUT2D eigenvalue weighted by atomic mass is 10.0. The zero-order valence-corrected chi connectivity index (χ0v) is 19.3. The summed E-state index contributed by atoms with van der Waals surface area (Å²) >= 11 is 0. The van der Waals surface area contributed by atoms with Crippen molar-refractivity contribution in [3.05, 3.63) is 47.5 Å². The van der Waals surface area contributed by atoms with Crippen LogP contribution in [-0.2, 0) is 18.8 Å². The number of ether oxygens (including phenoxy) is 1. The summed E-state index contributed by atoms with van der Waals surface area (Å²) in [4.78, 5) is 22.6. The molecule has 1 fully saturated rings. The van der Waals surface area contributed by atoms with Crippen LogP contribution in [-0.4, -0.2) is 46.8 Å². The third-order valence-corrected chi connectivity index (χ3v) is 6.57. The van der Waals surface area contributed by atoms with Gasteiger partial charge in [-0.1, -0.05) is 6.92 Å². The molecule has 6 heterocycles. The van der Waals surface area contributed by atoms with Gasteiger partial charge in [0.2, 0.25) is 5.71 Å². The Morgan fingerprint density at radius 1 is 1.06 bits per heavy atom. The zero-order valence-electron chi connectivity index (χ0n) is 19.3. The van der Waals surface area contributed by atoms with E-state index >= 15 is 0 Å². The van der Waals surface area contributed by atoms with Gasteiger partial charge < -0.3 is 9.15 Å². The number of hydrogen-bond donors (Lipinski definition) is 0. The Kier molecular flexibility index (Phi) is 4.84. The van der Waals surface area contributed by atoms with Gasteiger partial charge in [0.25, 0.3) is 0 Å². The van der Waals surface area contributed by atoms with E-state index in [1.165, 1.54) is 0 Å². The second kappa shape index (κ2) is 7.91. The zero-order chi connectivity index (χ0) is 23.4. The summed E-state index contributed by atoms with van der Waals surface area (Å²) in [5.41, 5.74) is 4.47. The van der Waals surface area contributed by atoms with Gasteiger partial charge in [-0.25, -0.2) is 9.78 Å². The van der Waals surface area contributed by atoms with Crippen molar-refractivity contribution in [3.63, 3.8) is 0 Å². The number of aryl methyl sites for hydroxylation is 2. The van der Waals surface area contributed by atoms with Gasteiger partial charge in [-0.05, 0) is 25.3 Å². The highest BCUT2D eigenvalue weighted by molar-refractivity contribution is 6.06. The predicted molar refractivity (Wildman–Crippen MR) is 126 cm³/mol. The Morgan fingerprint density at radius 3 is 2.53 bits per heavy atom. The third kappa shape index (κ3) is 3.33. The van der Waals surface area contributed by atoms with Crippen LogP contribution >= 0.6 is 0 Å². The van der Waals surface area contributed by atoms with E-state index in [0.717, 1.165) is 41.3 Å². The fourth-order valence-electron chi connectivity index (χ4n) is 4.85. The first-order chi connectivity index (χ1) is 16.5. The number of fused-ring (bicyclic) bond motifs is 3. The van der Waals surface area contributed by atoms with Gasteiger partial charge in [-0.15, -0.1) is 0 Å². The first kappa shape index (κ1) is 20.8. The summed E-state index contributed by atoms with van der Waals surface area (Å²) in [6.07, 6.45) is 11.5. The fourth-order valence-corrected chi connectivity index (χ4v) is 4.85. The fraction of sp³-hybridized carbons (Fsp3) is 0.375. The Labute approximate surface area is 194 Å². The monoisotopic (exact) mass is 459 g/mol. The second-order valence-electron chi connectivity index (χ2n) is 8.85. The first-order valence-electron chi connectivity index (χ1n) is 11.5. The third-order valence-electron chi connectivity index (χ3n) is 6.57. The molecule has 0 radical (unpaired) electrons. The quantitative estimate of drug-likeness (QED) is 0.405. The minimum absolute atomic E-state index is 0.0352. The summed E-state index contributed by atoms with van der Waals surface area (Å²) in [5, 5.41) is 9.31. The Hall–Kier alpha value is -3.79. The summed E-state index contributed by atoms with van der Waals surface area (Å²) in [5.74, 6) is 0. The van der Waals surface area contributed by atoms with Crippen LogP contribution in [0.4, 0.5) is 0 Å². The molecule has 34 heavy (non-hydrogen) atoms. The normalized spacial score (nSPS) is 18.8. The van der Waals surface area contributed by atoms with E-state index in [0.29, 0.717) is 29.1 Å². The summed E-state index contributed by atoms with van der Waals surface area (Å²) in [6.45, 7) is 2.71. The first-order valence-corrected chi connectivity index (χ1v) is 11.5. The summed E-state index contributed by atoms with van der Waals surface area (Å²) in [7, 11) is 3.71. The topological polar surface area (TPSA) is 106 Å². The van der Waals surface area contributed by atoms with Gasteiger partial charge in [0.15, 0.2) is 5.58 Å². The van der Waals surface area contributed by atoms with Crippen LogP contribution in [0.5, 0.6) is 0 Å². The highest BCUT2D eigenvalue weighted by Gasteiger charge is 2.29. The van der Waals surface area contributed by atoms with Crippen molar-refractivity contribution in [3.8, 4) is 22.4 Å². The molecule has 6 rings (SSSR count). The van der Waals surface area contributed by atoms with Crippen LogP contribution in [0, 0.1) is 0 Å². The molecule has 5 aromatic rings. The van der Waals surface area contributed by atoms with Crippen LogP contribution < -0.4 is 5.69 Å². The number of furan rings is 1. The van der Waals surface area contributed by atoms with Crippen LogP contribution in [0.25, 0.3) is 44.6 Å². The number of rotatable bonds is 4. The van der Waals surface area contributed by atoms with Gasteiger partial charge in [0, 0.05) is 62.0 Å². The van der Waals surface area contributed by atoms with E-state index in [-0.39, 0.29) is 17.8 Å². The van der Waals surface area contributed by atoms with Crippen molar-refractivity contribution in [1.82, 2.24) is 34.1 Å². The molecule has 0 bridgehead atoms. The van der Waals surface area contributed by atoms with E-state index in [1.54, 1.807) is 32.5 Å². The van der Waals surface area contributed by atoms with Crippen molar-refractivity contribution in [2.24, 2.45) is 14.1 Å². The van der Waals surface area contributed by atoms with Crippen molar-refractivity contribution in [2.45, 2.75) is 38.3 Å². The molecular weight excluding hydrogens is 434 g/mol. The Balaban J connectivity index is 1.65. The molecule has 2 atom stereocenters. The van der Waals surface area contributed by atoms with E-state index in [9.17, 15) is 4.79 Å². The van der Waals surface area contributed by atoms with Crippen LogP contribution in [0.2, 0.25) is 0 Å². The number of pyridine rings is 1. The van der Waals surface area contributed by atoms with Crippen molar-refractivity contribution >= 4 is 22.2 Å². The summed E-state index contributed by atoms with van der Waals surface area (Å²) < 4.78 is 17.4. The van der Waals surface area contributed by atoms with Crippen molar-refractivity contribution < 1.29 is 9.15 Å². The lowest BCUT2D eigenvalue weighted by Gasteiger charge is -2.30. The lowest BCUT2D eigenvalue weighted by Crippen LogP contribution is -2.34. The minimum Gasteiger partial charge on any atom is -0.434 e. The largest absolute Gasteiger partial charge is 0.434 e. The standard InChI is InChI=1S/C24H25N7O3/c1-4-18-8-17(5-6-33-18)31-21-19-7-14(15-10-26-29(2)12-15)9-25-23(19)34-22(21)20(28-24(31)32)16-11-27-30(3)13-16/h7,9-13,17-18H,4-6,8H2,1-3H3/t17-,18-/m0/s1. The molecule has 10 heteroatoms. The minimum atomic E-state index is -0.303. The molecule has 174 valence electrons. The maximum atomic E-state index is 13.5. The molecule has 1 saturated heterocycles. The predicted octanol–water partition coefficient (Wildman–Crippen LogP) is 3.47. The smallest absolute Gasteiger partial charge is 0.349 e. The van der Waals surface area contributed by atoms with Gasteiger partial charge in [0.1, 0.15) is 11.2 Å². The Bertz CT molecular complexity index is 1570. The molecule has 5 aromatic heterocycles. The number of aromatic nitrogens is 7. The van der Waals surface area contributed by atoms with Crippen molar-refractivity contribution in [2.75, 3.05) is 6.61 Å². The molecule has 0 amide bonds. The second-order valence-corrected chi connectivity index (χ2v) is 8.85. The molecule has 0 aromatic carbocycles. The van der Waals surface area contributed by atoms with Crippen molar-refractivity contribution in [1.29, 1.82) is 0 Å². The molecule has 0 aliphatic carbocycles. The molecule has 0 N–H and O–H groups in total. The lowest BCUT2D eigenvalue weighted by molar-refractivity contribution is -0.00709. The number of hydrogen-bond acceptors (Lipinski definition) is 7. The van der Waals surface area contributed by atoms with Gasteiger partial charge in [-0.3, -0.25) is 13.9 Å². The maximum Gasteiger partial charge on any atom is 0.349 e. The molecule has 0 unspecified atom stereocenters. The van der Waals surface area contributed by atoms with Gasteiger partial charge >= 0.3 is 5.69 Å². The highest BCUT2D eigenvalue weighted by atomic mass is 16.5. The number of nitrogens with zero attached hydrogens (tertiary/aromatic N) is 7. The van der Waals surface area contributed by atoms with Gasteiger partial charge in [0.05, 0.1) is 23.9 Å².